The third-order valence-electron chi connectivity index (χ3n) is 8.65. The highest BCUT2D eigenvalue weighted by atomic mass is 16.4. The number of carboxylic acids is 3. The minimum atomic E-state index is -1.07. The number of quaternary nitrogens is 1. The molecule has 0 aromatic rings. The van der Waals surface area contributed by atoms with Crippen molar-refractivity contribution in [1.82, 2.24) is 0 Å². The molecule has 3 atom stereocenters. The Morgan fingerprint density at radius 2 is 0.925 bits per heavy atom. The van der Waals surface area contributed by atoms with Crippen LogP contribution < -0.4 is 5.11 Å². The topological polar surface area (TPSA) is 115 Å². The first-order valence-electron chi connectivity index (χ1n) is 16.2. The van der Waals surface area contributed by atoms with Gasteiger partial charge in [0.1, 0.15) is 0 Å². The van der Waals surface area contributed by atoms with Crippen molar-refractivity contribution in [3.8, 4) is 0 Å². The molecule has 0 fully saturated rings. The van der Waals surface area contributed by atoms with E-state index < -0.39 is 35.7 Å². The van der Waals surface area contributed by atoms with E-state index in [1.54, 1.807) is 20.8 Å². The first-order valence-corrected chi connectivity index (χ1v) is 16.2. The molecule has 0 aliphatic rings. The summed E-state index contributed by atoms with van der Waals surface area (Å²) in [7, 11) is 0. The highest BCUT2D eigenvalue weighted by Gasteiger charge is 2.30. The minimum absolute atomic E-state index is 0.445. The van der Waals surface area contributed by atoms with Crippen LogP contribution in [0.1, 0.15) is 136 Å². The average molecular weight is 568 g/mol. The van der Waals surface area contributed by atoms with Gasteiger partial charge in [0.2, 0.25) is 0 Å². The molecule has 0 heterocycles. The second-order valence-corrected chi connectivity index (χ2v) is 12.3. The molecule has 234 valence electrons. The van der Waals surface area contributed by atoms with Crippen LogP contribution in [-0.4, -0.2) is 58.8 Å². The number of carbonyl (C=O) groups excluding carboxylic acids is 1. The maximum atomic E-state index is 11.5. The largest absolute Gasteiger partial charge is 0.550 e. The quantitative estimate of drug-likeness (QED) is 0.0581. The Labute approximate surface area is 245 Å². The third-order valence-corrected chi connectivity index (χ3v) is 8.65. The van der Waals surface area contributed by atoms with Crippen molar-refractivity contribution < 1.29 is 34.2 Å². The Bertz CT molecular complexity index is 635. The third kappa shape index (κ3) is 20.1. The molecule has 0 amide bonds. The van der Waals surface area contributed by atoms with Crippen LogP contribution in [0.2, 0.25) is 0 Å². The van der Waals surface area contributed by atoms with Crippen LogP contribution in [0.25, 0.3) is 0 Å². The van der Waals surface area contributed by atoms with Crippen molar-refractivity contribution in [3.05, 3.63) is 12.7 Å². The summed E-state index contributed by atoms with van der Waals surface area (Å²) in [5, 5.41) is 30.2. The minimum Gasteiger partial charge on any atom is -0.550 e. The predicted molar refractivity (Wildman–Crippen MR) is 161 cm³/mol. The number of allylic oxidation sites excluding steroid dienone is 1. The molecule has 0 rings (SSSR count). The average Bonchev–Trinajstić information content (AvgIpc) is 2.92. The van der Waals surface area contributed by atoms with E-state index in [1.807, 2.05) is 6.08 Å². The standard InChI is InChI=1S/C33H61NO6/c1-5-6-7-8-9-10-11-12-13-14-15-16-17-18-19-20-24-34(25-21-28(2)31(35)36,26-22-29(3)32(37)38)27-23-30(4)33(39)40/h5,28-30H,1,6-27H2,2-4H3,(H2-,35,36,37,38,39,40). The second kappa shape index (κ2) is 23.8. The summed E-state index contributed by atoms with van der Waals surface area (Å²) < 4.78 is 0.584. The predicted octanol–water partition coefficient (Wildman–Crippen LogP) is 6.84. The summed E-state index contributed by atoms with van der Waals surface area (Å²) in [6.45, 7) is 11.5. The first-order chi connectivity index (χ1) is 19.0. The molecule has 0 saturated carbocycles. The van der Waals surface area contributed by atoms with Gasteiger partial charge >= 0.3 is 11.9 Å². The molecule has 2 N–H and O–H groups in total. The number of hydrogen-bond acceptors (Lipinski definition) is 4. The van der Waals surface area contributed by atoms with Crippen molar-refractivity contribution in [2.45, 2.75) is 136 Å². The Kier molecular flexibility index (Phi) is 22.7. The van der Waals surface area contributed by atoms with Gasteiger partial charge in [0, 0.05) is 31.1 Å². The van der Waals surface area contributed by atoms with E-state index >= 15 is 0 Å². The highest BCUT2D eigenvalue weighted by Crippen LogP contribution is 2.22. The summed E-state index contributed by atoms with van der Waals surface area (Å²) in [4.78, 5) is 34.3. The van der Waals surface area contributed by atoms with Crippen LogP contribution in [0.15, 0.2) is 12.7 Å². The van der Waals surface area contributed by atoms with E-state index in [9.17, 15) is 29.7 Å². The van der Waals surface area contributed by atoms with Gasteiger partial charge in [-0.1, -0.05) is 97.5 Å². The van der Waals surface area contributed by atoms with Crippen LogP contribution in [0, 0.1) is 17.8 Å². The molecular weight excluding hydrogens is 506 g/mol. The monoisotopic (exact) mass is 567 g/mol. The molecule has 0 aliphatic carbocycles. The van der Waals surface area contributed by atoms with Crippen molar-refractivity contribution >= 4 is 17.9 Å². The van der Waals surface area contributed by atoms with Crippen LogP contribution in [0.4, 0.5) is 0 Å². The molecule has 0 spiro atoms. The lowest BCUT2D eigenvalue weighted by molar-refractivity contribution is -0.929. The van der Waals surface area contributed by atoms with Gasteiger partial charge in [-0.25, -0.2) is 0 Å². The zero-order chi connectivity index (χ0) is 30.2. The first kappa shape index (κ1) is 38.1. The number of unbranched alkanes of at least 4 members (excludes halogenated alkanes) is 14. The summed E-state index contributed by atoms with van der Waals surface area (Å²) in [5.74, 6) is -4.31. The maximum absolute atomic E-state index is 11.5. The zero-order valence-electron chi connectivity index (χ0n) is 26.0. The molecule has 0 bridgehead atoms. The Balaban J connectivity index is 4.60. The number of rotatable bonds is 29. The number of aliphatic carboxylic acids is 3. The molecule has 0 saturated heterocycles. The van der Waals surface area contributed by atoms with E-state index in [1.165, 1.54) is 70.6 Å². The Morgan fingerprint density at radius 3 is 1.25 bits per heavy atom. The molecule has 40 heavy (non-hydrogen) atoms. The molecule has 0 aliphatic heterocycles. The molecule has 7 heteroatoms. The Hall–Kier alpha value is -1.89. The van der Waals surface area contributed by atoms with Gasteiger partial charge in [-0.3, -0.25) is 9.59 Å². The van der Waals surface area contributed by atoms with Crippen molar-refractivity contribution in [3.63, 3.8) is 0 Å². The van der Waals surface area contributed by atoms with Crippen LogP contribution in [0.5, 0.6) is 0 Å². The van der Waals surface area contributed by atoms with E-state index in [2.05, 4.69) is 6.58 Å². The lowest BCUT2D eigenvalue weighted by atomic mass is 10.0. The normalized spacial score (nSPS) is 15.2. The van der Waals surface area contributed by atoms with Crippen LogP contribution in [0.3, 0.4) is 0 Å². The maximum Gasteiger partial charge on any atom is 0.306 e. The Morgan fingerprint density at radius 1 is 0.600 bits per heavy atom. The number of hydrogen-bond donors (Lipinski definition) is 2. The fourth-order valence-electron chi connectivity index (χ4n) is 5.30. The molecule has 0 radical (unpaired) electrons. The van der Waals surface area contributed by atoms with E-state index in [0.29, 0.717) is 43.4 Å². The number of carbonyl (C=O) groups is 3. The van der Waals surface area contributed by atoms with Gasteiger partial charge < -0.3 is 24.6 Å². The smallest absolute Gasteiger partial charge is 0.306 e. The zero-order valence-corrected chi connectivity index (χ0v) is 26.0. The molecular formula is C33H61NO6. The van der Waals surface area contributed by atoms with Crippen molar-refractivity contribution in [1.29, 1.82) is 0 Å². The lowest BCUT2D eigenvalue weighted by Crippen LogP contribution is -2.52. The van der Waals surface area contributed by atoms with Gasteiger partial charge in [-0.15, -0.1) is 6.58 Å². The van der Waals surface area contributed by atoms with Crippen molar-refractivity contribution in [2.75, 3.05) is 26.2 Å². The fraction of sp³-hybridized carbons (Fsp3) is 0.848. The summed E-state index contributed by atoms with van der Waals surface area (Å²) >= 11 is 0. The van der Waals surface area contributed by atoms with Gasteiger partial charge in [-0.2, -0.15) is 0 Å². The molecule has 0 aromatic heterocycles. The summed E-state index contributed by atoms with van der Waals surface area (Å²) in [5.41, 5.74) is 0. The molecule has 0 aromatic carbocycles. The van der Waals surface area contributed by atoms with Gasteiger partial charge in [0.15, 0.2) is 0 Å². The highest BCUT2D eigenvalue weighted by molar-refractivity contribution is 5.69. The van der Waals surface area contributed by atoms with Gasteiger partial charge in [0.25, 0.3) is 0 Å². The van der Waals surface area contributed by atoms with E-state index in [0.717, 1.165) is 32.2 Å². The summed E-state index contributed by atoms with van der Waals surface area (Å²) in [6.07, 6.45) is 22.2. The second-order valence-electron chi connectivity index (χ2n) is 12.3. The van der Waals surface area contributed by atoms with E-state index in [-0.39, 0.29) is 0 Å². The SMILES string of the molecule is C=CCCCCCCCCCCCCCCCC[N+](CCC(C)C(=O)[O-])(CCC(C)C(=O)O)CCC(C)C(=O)O. The van der Waals surface area contributed by atoms with Gasteiger partial charge in [-0.05, 0) is 25.7 Å². The number of carboxylic acid groups (broad SMARTS) is 3. The van der Waals surface area contributed by atoms with Crippen LogP contribution in [-0.2, 0) is 14.4 Å². The molecule has 7 nitrogen and oxygen atoms in total. The van der Waals surface area contributed by atoms with E-state index in [4.69, 9.17) is 0 Å². The van der Waals surface area contributed by atoms with Gasteiger partial charge in [0.05, 0.1) is 38.0 Å². The molecule has 3 unspecified atom stereocenters. The fourth-order valence-corrected chi connectivity index (χ4v) is 5.30. The summed E-state index contributed by atoms with van der Waals surface area (Å²) in [6, 6.07) is 0. The lowest BCUT2D eigenvalue weighted by Gasteiger charge is -2.41. The number of nitrogens with zero attached hydrogens (tertiary/aromatic N) is 1. The van der Waals surface area contributed by atoms with Crippen LogP contribution >= 0.6 is 0 Å². The van der Waals surface area contributed by atoms with Crippen molar-refractivity contribution in [2.24, 2.45) is 17.8 Å².